The third-order valence-electron chi connectivity index (χ3n) is 2.49. The highest BCUT2D eigenvalue weighted by Gasteiger charge is 2.27. The van der Waals surface area contributed by atoms with Gasteiger partial charge in [-0.15, -0.1) is 6.58 Å². The van der Waals surface area contributed by atoms with E-state index < -0.39 is 0 Å². The van der Waals surface area contributed by atoms with Gasteiger partial charge in [-0.3, -0.25) is 9.59 Å². The second-order valence-electron chi connectivity index (χ2n) is 3.52. The molecule has 1 amide bonds. The van der Waals surface area contributed by atoms with Crippen LogP contribution in [0.2, 0.25) is 0 Å². The average Bonchev–Trinajstić information content (AvgIpc) is 2.21. The monoisotopic (exact) mass is 211 g/mol. The van der Waals surface area contributed by atoms with E-state index in [9.17, 15) is 9.59 Å². The standard InChI is InChI=1S/C11H17NO3/c1-3-9-6-5-7-10(13)12(9)8-11(14)15-4-2/h3,9H,1,4-8H2,2H3. The molecule has 0 aromatic rings. The summed E-state index contributed by atoms with van der Waals surface area (Å²) in [6.07, 6.45) is 3.99. The Bertz CT molecular complexity index is 263. The Morgan fingerprint density at radius 3 is 3.07 bits per heavy atom. The number of nitrogens with zero attached hydrogens (tertiary/aromatic N) is 1. The summed E-state index contributed by atoms with van der Waals surface area (Å²) in [6.45, 7) is 5.82. The highest BCUT2D eigenvalue weighted by molar-refractivity contribution is 5.83. The lowest BCUT2D eigenvalue weighted by Crippen LogP contribution is -2.45. The smallest absolute Gasteiger partial charge is 0.325 e. The summed E-state index contributed by atoms with van der Waals surface area (Å²) in [6, 6.07) is -0.0179. The number of piperidine rings is 1. The minimum absolute atomic E-state index is 0.0132. The van der Waals surface area contributed by atoms with Crippen LogP contribution >= 0.6 is 0 Å². The van der Waals surface area contributed by atoms with Crippen LogP contribution in [-0.4, -0.2) is 36.0 Å². The zero-order chi connectivity index (χ0) is 11.3. The van der Waals surface area contributed by atoms with E-state index in [0.717, 1.165) is 12.8 Å². The number of ether oxygens (including phenoxy) is 1. The molecule has 0 bridgehead atoms. The predicted octanol–water partition coefficient (Wildman–Crippen LogP) is 1.12. The SMILES string of the molecule is C=CC1CCCC(=O)N1CC(=O)OCC. The first kappa shape index (κ1) is 11.8. The molecule has 4 nitrogen and oxygen atoms in total. The molecule has 0 aliphatic carbocycles. The van der Waals surface area contributed by atoms with Gasteiger partial charge in [0.1, 0.15) is 6.54 Å². The second-order valence-corrected chi connectivity index (χ2v) is 3.52. The minimum Gasteiger partial charge on any atom is -0.465 e. The lowest BCUT2D eigenvalue weighted by Gasteiger charge is -2.32. The Hall–Kier alpha value is -1.32. The van der Waals surface area contributed by atoms with E-state index in [4.69, 9.17) is 4.74 Å². The van der Waals surface area contributed by atoms with Gasteiger partial charge in [-0.1, -0.05) is 6.08 Å². The molecule has 0 aromatic heterocycles. The fourth-order valence-electron chi connectivity index (χ4n) is 1.74. The molecule has 0 N–H and O–H groups in total. The maximum absolute atomic E-state index is 11.6. The molecule has 1 saturated heterocycles. The normalized spacial score (nSPS) is 21.3. The van der Waals surface area contributed by atoms with Crippen molar-refractivity contribution in [2.45, 2.75) is 32.2 Å². The third-order valence-corrected chi connectivity index (χ3v) is 2.49. The van der Waals surface area contributed by atoms with Gasteiger partial charge < -0.3 is 9.64 Å². The van der Waals surface area contributed by atoms with Gasteiger partial charge >= 0.3 is 5.97 Å². The number of likely N-dealkylation sites (tertiary alicyclic amines) is 1. The van der Waals surface area contributed by atoms with Crippen molar-refractivity contribution in [1.29, 1.82) is 0 Å². The zero-order valence-corrected chi connectivity index (χ0v) is 9.07. The number of hydrogen-bond acceptors (Lipinski definition) is 3. The number of carbonyl (C=O) groups is 2. The number of rotatable bonds is 4. The van der Waals surface area contributed by atoms with E-state index in [0.29, 0.717) is 13.0 Å². The van der Waals surface area contributed by atoms with Crippen molar-refractivity contribution in [2.75, 3.05) is 13.2 Å². The summed E-state index contributed by atoms with van der Waals surface area (Å²) in [5.41, 5.74) is 0. The predicted molar refractivity (Wildman–Crippen MR) is 56.2 cm³/mol. The van der Waals surface area contributed by atoms with Crippen molar-refractivity contribution >= 4 is 11.9 Å². The van der Waals surface area contributed by atoms with Gasteiger partial charge in [0, 0.05) is 6.42 Å². The summed E-state index contributed by atoms with van der Waals surface area (Å²) in [5.74, 6) is -0.334. The van der Waals surface area contributed by atoms with Crippen LogP contribution in [0.5, 0.6) is 0 Å². The van der Waals surface area contributed by atoms with Crippen molar-refractivity contribution in [2.24, 2.45) is 0 Å². The Morgan fingerprint density at radius 2 is 2.47 bits per heavy atom. The number of esters is 1. The molecule has 0 spiro atoms. The minimum atomic E-state index is -0.348. The Labute approximate surface area is 89.9 Å². The molecule has 84 valence electrons. The second kappa shape index (κ2) is 5.53. The number of hydrogen-bond donors (Lipinski definition) is 0. The van der Waals surface area contributed by atoms with Crippen LogP contribution in [0, 0.1) is 0 Å². The zero-order valence-electron chi connectivity index (χ0n) is 9.07. The molecule has 1 aliphatic rings. The van der Waals surface area contributed by atoms with Crippen molar-refractivity contribution in [3.8, 4) is 0 Å². The van der Waals surface area contributed by atoms with Crippen molar-refractivity contribution in [1.82, 2.24) is 4.90 Å². The van der Waals surface area contributed by atoms with Crippen molar-refractivity contribution < 1.29 is 14.3 Å². The summed E-state index contributed by atoms with van der Waals surface area (Å²) < 4.78 is 4.82. The topological polar surface area (TPSA) is 46.6 Å². The maximum Gasteiger partial charge on any atom is 0.325 e. The highest BCUT2D eigenvalue weighted by atomic mass is 16.5. The van der Waals surface area contributed by atoms with Crippen LogP contribution in [0.25, 0.3) is 0 Å². The van der Waals surface area contributed by atoms with Gasteiger partial charge in [0.05, 0.1) is 12.6 Å². The molecule has 1 fully saturated rings. The van der Waals surface area contributed by atoms with Gasteiger partial charge in [-0.25, -0.2) is 0 Å². The van der Waals surface area contributed by atoms with Crippen LogP contribution in [0.4, 0.5) is 0 Å². The van der Waals surface area contributed by atoms with E-state index in [2.05, 4.69) is 6.58 Å². The van der Waals surface area contributed by atoms with Crippen LogP contribution < -0.4 is 0 Å². The Kier molecular flexibility index (Phi) is 4.34. The fourth-order valence-corrected chi connectivity index (χ4v) is 1.74. The molecule has 4 heteroatoms. The molecule has 0 aromatic carbocycles. The lowest BCUT2D eigenvalue weighted by atomic mass is 10.0. The first-order valence-corrected chi connectivity index (χ1v) is 5.26. The van der Waals surface area contributed by atoms with Gasteiger partial charge in [0.25, 0.3) is 0 Å². The molecule has 0 saturated carbocycles. The van der Waals surface area contributed by atoms with Crippen molar-refractivity contribution in [3.05, 3.63) is 12.7 Å². The largest absolute Gasteiger partial charge is 0.465 e. The van der Waals surface area contributed by atoms with E-state index >= 15 is 0 Å². The van der Waals surface area contributed by atoms with E-state index in [1.54, 1.807) is 17.9 Å². The highest BCUT2D eigenvalue weighted by Crippen LogP contribution is 2.18. The lowest BCUT2D eigenvalue weighted by molar-refractivity contribution is -0.151. The number of amides is 1. The van der Waals surface area contributed by atoms with Crippen LogP contribution in [0.3, 0.4) is 0 Å². The van der Waals surface area contributed by atoms with Gasteiger partial charge in [0.2, 0.25) is 5.91 Å². The summed E-state index contributed by atoms with van der Waals surface area (Å²) in [4.78, 5) is 24.4. The number of carbonyl (C=O) groups excluding carboxylic acids is 2. The maximum atomic E-state index is 11.6. The van der Waals surface area contributed by atoms with Crippen LogP contribution in [0.1, 0.15) is 26.2 Å². The molecule has 15 heavy (non-hydrogen) atoms. The van der Waals surface area contributed by atoms with Gasteiger partial charge in [-0.05, 0) is 19.8 Å². The molecular formula is C11H17NO3. The van der Waals surface area contributed by atoms with E-state index in [1.165, 1.54) is 0 Å². The molecule has 1 rings (SSSR count). The van der Waals surface area contributed by atoms with Gasteiger partial charge in [-0.2, -0.15) is 0 Å². The molecule has 0 radical (unpaired) electrons. The van der Waals surface area contributed by atoms with Gasteiger partial charge in [0.15, 0.2) is 0 Å². The van der Waals surface area contributed by atoms with Crippen LogP contribution in [-0.2, 0) is 14.3 Å². The molecule has 1 heterocycles. The quantitative estimate of drug-likeness (QED) is 0.517. The summed E-state index contributed by atoms with van der Waals surface area (Å²) >= 11 is 0. The van der Waals surface area contributed by atoms with Crippen molar-refractivity contribution in [3.63, 3.8) is 0 Å². The summed E-state index contributed by atoms with van der Waals surface area (Å²) in [7, 11) is 0. The van der Waals surface area contributed by atoms with E-state index in [1.807, 2.05) is 0 Å². The molecule has 1 aliphatic heterocycles. The first-order chi connectivity index (χ1) is 7.19. The average molecular weight is 211 g/mol. The van der Waals surface area contributed by atoms with E-state index in [-0.39, 0.29) is 24.5 Å². The first-order valence-electron chi connectivity index (χ1n) is 5.26. The van der Waals surface area contributed by atoms with Crippen LogP contribution in [0.15, 0.2) is 12.7 Å². The molecule has 1 atom stereocenters. The molecule has 1 unspecified atom stereocenters. The third kappa shape index (κ3) is 3.08. The summed E-state index contributed by atoms with van der Waals surface area (Å²) in [5, 5.41) is 0. The Balaban J connectivity index is 2.58. The molecular weight excluding hydrogens is 194 g/mol. The Morgan fingerprint density at radius 1 is 1.73 bits per heavy atom. The fraction of sp³-hybridized carbons (Fsp3) is 0.636.